The van der Waals surface area contributed by atoms with E-state index < -0.39 is 11.7 Å². The average molecular weight is 299 g/mol. The van der Waals surface area contributed by atoms with Crippen molar-refractivity contribution in [3.05, 3.63) is 28.2 Å². The van der Waals surface area contributed by atoms with Crippen molar-refractivity contribution in [2.75, 3.05) is 0 Å². The van der Waals surface area contributed by atoms with Crippen molar-refractivity contribution in [1.29, 1.82) is 0 Å². The van der Waals surface area contributed by atoms with Gasteiger partial charge in [0, 0.05) is 4.47 Å². The van der Waals surface area contributed by atoms with E-state index in [2.05, 4.69) is 26.2 Å². The Morgan fingerprint density at radius 1 is 1.35 bits per heavy atom. The highest BCUT2D eigenvalue weighted by atomic mass is 79.9. The summed E-state index contributed by atoms with van der Waals surface area (Å²) < 4.78 is 5.80. The third-order valence-corrected chi connectivity index (χ3v) is 2.37. The summed E-state index contributed by atoms with van der Waals surface area (Å²) in [6, 6.07) is 5.59. The fourth-order valence-electron chi connectivity index (χ4n) is 1.07. The van der Waals surface area contributed by atoms with Crippen molar-refractivity contribution in [2.45, 2.75) is 33.3 Å². The number of rotatable bonds is 1. The Bertz CT molecular complexity index is 450. The van der Waals surface area contributed by atoms with Gasteiger partial charge in [0.1, 0.15) is 11.3 Å². The molecule has 0 aliphatic carbocycles. The fourth-order valence-corrected chi connectivity index (χ4v) is 1.64. The number of aryl methyl sites for hydroxylation is 1. The molecule has 0 heterocycles. The SMILES string of the molecule is Cc1ccc(N=NC(=O)OC(C)(C)C)c(Br)c1. The van der Waals surface area contributed by atoms with Crippen molar-refractivity contribution in [1.82, 2.24) is 0 Å². The highest BCUT2D eigenvalue weighted by molar-refractivity contribution is 9.10. The van der Waals surface area contributed by atoms with Crippen LogP contribution in [0.25, 0.3) is 0 Å². The summed E-state index contributed by atoms with van der Waals surface area (Å²) in [7, 11) is 0. The molecule has 0 N–H and O–H groups in total. The Balaban J connectivity index is 2.74. The summed E-state index contributed by atoms with van der Waals surface area (Å²) in [5.41, 5.74) is 1.15. The molecule has 0 fully saturated rings. The lowest BCUT2D eigenvalue weighted by Crippen LogP contribution is -2.21. The van der Waals surface area contributed by atoms with Crippen LogP contribution in [0.5, 0.6) is 0 Å². The molecule has 5 heteroatoms. The number of benzene rings is 1. The van der Waals surface area contributed by atoms with Gasteiger partial charge in [0.15, 0.2) is 0 Å². The molecule has 1 aromatic rings. The van der Waals surface area contributed by atoms with Crippen LogP contribution in [0.1, 0.15) is 26.3 Å². The summed E-state index contributed by atoms with van der Waals surface area (Å²) >= 11 is 3.35. The van der Waals surface area contributed by atoms with Crippen LogP contribution in [0.3, 0.4) is 0 Å². The molecule has 0 bridgehead atoms. The lowest BCUT2D eigenvalue weighted by atomic mass is 10.2. The Kier molecular flexibility index (Phi) is 4.40. The zero-order valence-corrected chi connectivity index (χ0v) is 11.9. The van der Waals surface area contributed by atoms with Crippen LogP contribution in [0.15, 0.2) is 32.9 Å². The maximum absolute atomic E-state index is 11.3. The average Bonchev–Trinajstić information content (AvgIpc) is 2.13. The van der Waals surface area contributed by atoms with Crippen LogP contribution in [0.4, 0.5) is 10.5 Å². The second-order valence-electron chi connectivity index (χ2n) is 4.64. The van der Waals surface area contributed by atoms with E-state index in [-0.39, 0.29) is 0 Å². The van der Waals surface area contributed by atoms with Gasteiger partial charge < -0.3 is 4.74 Å². The number of carbonyl (C=O) groups is 1. The maximum atomic E-state index is 11.3. The van der Waals surface area contributed by atoms with Crippen molar-refractivity contribution >= 4 is 27.7 Å². The molecule has 0 aromatic heterocycles. The molecule has 0 aliphatic rings. The van der Waals surface area contributed by atoms with Crippen molar-refractivity contribution in [3.63, 3.8) is 0 Å². The zero-order chi connectivity index (χ0) is 13.1. The molecule has 1 aromatic carbocycles. The predicted molar refractivity (Wildman–Crippen MR) is 69.6 cm³/mol. The fraction of sp³-hybridized carbons (Fsp3) is 0.417. The zero-order valence-electron chi connectivity index (χ0n) is 10.3. The number of nitrogens with zero attached hydrogens (tertiary/aromatic N) is 2. The van der Waals surface area contributed by atoms with E-state index in [1.54, 1.807) is 26.8 Å². The van der Waals surface area contributed by atoms with Crippen LogP contribution in [-0.4, -0.2) is 11.7 Å². The van der Waals surface area contributed by atoms with Gasteiger partial charge in [-0.3, -0.25) is 0 Å². The van der Waals surface area contributed by atoms with Crippen LogP contribution in [0.2, 0.25) is 0 Å². The topological polar surface area (TPSA) is 51.0 Å². The monoisotopic (exact) mass is 298 g/mol. The van der Waals surface area contributed by atoms with Crippen LogP contribution < -0.4 is 0 Å². The predicted octanol–water partition coefficient (Wildman–Crippen LogP) is 4.78. The molecule has 0 atom stereocenters. The van der Waals surface area contributed by atoms with E-state index in [1.165, 1.54) is 0 Å². The van der Waals surface area contributed by atoms with E-state index in [0.29, 0.717) is 5.69 Å². The van der Waals surface area contributed by atoms with Gasteiger partial charge in [-0.1, -0.05) is 11.2 Å². The highest BCUT2D eigenvalue weighted by Crippen LogP contribution is 2.26. The summed E-state index contributed by atoms with van der Waals surface area (Å²) in [5, 5.41) is 7.34. The first-order valence-corrected chi connectivity index (χ1v) is 5.98. The number of carbonyl (C=O) groups excluding carboxylic acids is 1. The number of halogens is 1. The molecule has 1 amide bonds. The summed E-state index contributed by atoms with van der Waals surface area (Å²) in [5.74, 6) is 0. The van der Waals surface area contributed by atoms with Crippen LogP contribution in [-0.2, 0) is 4.74 Å². The second-order valence-corrected chi connectivity index (χ2v) is 5.49. The summed E-state index contributed by atoms with van der Waals surface area (Å²) in [6.45, 7) is 7.31. The molecule has 0 spiro atoms. The van der Waals surface area contributed by atoms with Crippen LogP contribution >= 0.6 is 15.9 Å². The number of azo groups is 1. The third-order valence-electron chi connectivity index (χ3n) is 1.74. The van der Waals surface area contributed by atoms with E-state index >= 15 is 0 Å². The minimum Gasteiger partial charge on any atom is -0.441 e. The van der Waals surface area contributed by atoms with Gasteiger partial charge in [0.05, 0.1) is 0 Å². The van der Waals surface area contributed by atoms with Crippen molar-refractivity contribution in [2.24, 2.45) is 10.2 Å². The standard InChI is InChI=1S/C12H15BrN2O2/c1-8-5-6-10(9(13)7-8)14-15-11(16)17-12(2,3)4/h5-7H,1-4H3. The summed E-state index contributed by atoms with van der Waals surface area (Å²) in [4.78, 5) is 11.3. The molecule has 0 aliphatic heterocycles. The number of hydrogen-bond donors (Lipinski definition) is 0. The third kappa shape index (κ3) is 5.08. The van der Waals surface area contributed by atoms with Crippen molar-refractivity contribution < 1.29 is 9.53 Å². The first-order valence-electron chi connectivity index (χ1n) is 5.19. The first-order chi connectivity index (χ1) is 7.78. The molecule has 4 nitrogen and oxygen atoms in total. The molecule has 0 unspecified atom stereocenters. The molecule has 1 rings (SSSR count). The second kappa shape index (κ2) is 5.40. The Morgan fingerprint density at radius 2 is 2.00 bits per heavy atom. The molecule has 17 heavy (non-hydrogen) atoms. The lowest BCUT2D eigenvalue weighted by molar-refractivity contribution is 0.0592. The molecular formula is C12H15BrN2O2. The minimum atomic E-state index is -0.690. The Hall–Kier alpha value is -1.23. The summed E-state index contributed by atoms with van der Waals surface area (Å²) in [6.07, 6.45) is -0.690. The molecule has 0 saturated carbocycles. The molecule has 0 saturated heterocycles. The van der Waals surface area contributed by atoms with E-state index in [1.807, 2.05) is 19.1 Å². The molecular weight excluding hydrogens is 284 g/mol. The number of amides is 1. The van der Waals surface area contributed by atoms with E-state index in [9.17, 15) is 4.79 Å². The van der Waals surface area contributed by atoms with Gasteiger partial charge in [0.25, 0.3) is 0 Å². The van der Waals surface area contributed by atoms with Crippen molar-refractivity contribution in [3.8, 4) is 0 Å². The van der Waals surface area contributed by atoms with Crippen LogP contribution in [0, 0.1) is 6.92 Å². The number of ether oxygens (including phenoxy) is 1. The highest BCUT2D eigenvalue weighted by Gasteiger charge is 2.15. The lowest BCUT2D eigenvalue weighted by Gasteiger charge is -2.16. The van der Waals surface area contributed by atoms with E-state index in [4.69, 9.17) is 4.74 Å². The Morgan fingerprint density at radius 3 is 2.53 bits per heavy atom. The molecule has 0 radical (unpaired) electrons. The number of hydrogen-bond acceptors (Lipinski definition) is 3. The maximum Gasteiger partial charge on any atom is 0.452 e. The largest absolute Gasteiger partial charge is 0.452 e. The van der Waals surface area contributed by atoms with Gasteiger partial charge in [0.2, 0.25) is 0 Å². The van der Waals surface area contributed by atoms with Gasteiger partial charge >= 0.3 is 6.09 Å². The Labute approximate surface area is 109 Å². The van der Waals surface area contributed by atoms with Gasteiger partial charge in [-0.25, -0.2) is 4.79 Å². The van der Waals surface area contributed by atoms with Gasteiger partial charge in [-0.2, -0.15) is 0 Å². The smallest absolute Gasteiger partial charge is 0.441 e. The van der Waals surface area contributed by atoms with Gasteiger partial charge in [-0.05, 0) is 61.3 Å². The first kappa shape index (κ1) is 13.8. The van der Waals surface area contributed by atoms with E-state index in [0.717, 1.165) is 10.0 Å². The molecule has 92 valence electrons. The van der Waals surface area contributed by atoms with Gasteiger partial charge in [-0.15, -0.1) is 5.11 Å². The minimum absolute atomic E-state index is 0.555. The normalized spacial score (nSPS) is 11.8. The quantitative estimate of drug-likeness (QED) is 0.701.